The third-order valence-corrected chi connectivity index (χ3v) is 6.35. The smallest absolute Gasteiger partial charge is 0.272 e. The number of imidazole rings is 1. The van der Waals surface area contributed by atoms with Gasteiger partial charge in [-0.3, -0.25) is 4.79 Å². The van der Waals surface area contributed by atoms with E-state index in [1.807, 2.05) is 36.1 Å². The van der Waals surface area contributed by atoms with Crippen molar-refractivity contribution in [1.29, 1.82) is 0 Å². The van der Waals surface area contributed by atoms with Gasteiger partial charge in [0, 0.05) is 44.8 Å². The number of amides is 1. The zero-order chi connectivity index (χ0) is 20.7. The number of aryl methyl sites for hydroxylation is 2. The molecular weight excluding hydrogens is 376 g/mol. The molecule has 2 aromatic heterocycles. The van der Waals surface area contributed by atoms with Crippen molar-refractivity contribution in [3.05, 3.63) is 47.5 Å². The number of carbonyl (C=O) groups excluding carboxylic acids is 1. The van der Waals surface area contributed by atoms with Crippen LogP contribution < -0.4 is 4.90 Å². The number of anilines is 1. The summed E-state index contributed by atoms with van der Waals surface area (Å²) >= 11 is 0. The maximum absolute atomic E-state index is 13.3. The lowest BCUT2D eigenvalue weighted by Gasteiger charge is -2.32. The standard InChI is InChI=1S/C23H28N6O/c1-16-14-19(26-23(24-16)28-11-5-6-12-28)22(30)29-13-7-8-17(15-29)21-25-18-9-3-4-10-20(18)27(21)2/h3-4,9-10,14,17H,5-8,11-13,15H2,1-2H3. The van der Waals surface area contributed by atoms with Crippen molar-refractivity contribution >= 4 is 22.9 Å². The second-order valence-electron chi connectivity index (χ2n) is 8.50. The molecule has 7 heteroatoms. The van der Waals surface area contributed by atoms with Crippen LogP contribution >= 0.6 is 0 Å². The molecule has 0 saturated carbocycles. The molecular formula is C23H28N6O. The molecule has 1 amide bonds. The van der Waals surface area contributed by atoms with Crippen LogP contribution in [-0.4, -0.2) is 56.5 Å². The van der Waals surface area contributed by atoms with Crippen molar-refractivity contribution in [3.8, 4) is 0 Å². The number of rotatable bonds is 3. The predicted octanol–water partition coefficient (Wildman–Crippen LogP) is 3.29. The molecule has 30 heavy (non-hydrogen) atoms. The summed E-state index contributed by atoms with van der Waals surface area (Å²) in [5.41, 5.74) is 3.51. The Balaban J connectivity index is 1.39. The Hall–Kier alpha value is -2.96. The maximum atomic E-state index is 13.3. The zero-order valence-corrected chi connectivity index (χ0v) is 17.7. The number of hydrogen-bond acceptors (Lipinski definition) is 5. The zero-order valence-electron chi connectivity index (χ0n) is 17.7. The number of hydrogen-bond donors (Lipinski definition) is 0. The lowest BCUT2D eigenvalue weighted by atomic mass is 9.97. The lowest BCUT2D eigenvalue weighted by Crippen LogP contribution is -2.40. The average molecular weight is 405 g/mol. The highest BCUT2D eigenvalue weighted by Crippen LogP contribution is 2.29. The molecule has 0 radical (unpaired) electrons. The van der Waals surface area contributed by atoms with Gasteiger partial charge in [-0.15, -0.1) is 0 Å². The van der Waals surface area contributed by atoms with E-state index in [1.165, 1.54) is 0 Å². The molecule has 1 aromatic carbocycles. The minimum atomic E-state index is 0.00408. The molecule has 2 saturated heterocycles. The molecule has 0 aliphatic carbocycles. The SMILES string of the molecule is Cc1cc(C(=O)N2CCCC(c3nc4ccccc4n3C)C2)nc(N2CCCC2)n1. The normalized spacial score (nSPS) is 19.6. The number of piperidine rings is 1. The largest absolute Gasteiger partial charge is 0.341 e. The van der Waals surface area contributed by atoms with Gasteiger partial charge >= 0.3 is 0 Å². The Kier molecular flexibility index (Phi) is 4.89. The van der Waals surface area contributed by atoms with Crippen LogP contribution in [0.4, 0.5) is 5.95 Å². The van der Waals surface area contributed by atoms with E-state index >= 15 is 0 Å². The lowest BCUT2D eigenvalue weighted by molar-refractivity contribution is 0.0697. The van der Waals surface area contributed by atoms with Gasteiger partial charge in [0.15, 0.2) is 0 Å². The fourth-order valence-corrected chi connectivity index (χ4v) is 4.78. The number of benzene rings is 1. The quantitative estimate of drug-likeness (QED) is 0.670. The van der Waals surface area contributed by atoms with Crippen molar-refractivity contribution in [1.82, 2.24) is 24.4 Å². The van der Waals surface area contributed by atoms with Gasteiger partial charge in [0.2, 0.25) is 5.95 Å². The van der Waals surface area contributed by atoms with Crippen molar-refractivity contribution < 1.29 is 4.79 Å². The third kappa shape index (κ3) is 3.42. The Morgan fingerprint density at radius 3 is 2.63 bits per heavy atom. The van der Waals surface area contributed by atoms with E-state index in [0.717, 1.165) is 67.9 Å². The summed E-state index contributed by atoms with van der Waals surface area (Å²) < 4.78 is 2.17. The van der Waals surface area contributed by atoms with E-state index in [1.54, 1.807) is 0 Å². The van der Waals surface area contributed by atoms with E-state index in [4.69, 9.17) is 4.98 Å². The number of nitrogens with zero attached hydrogens (tertiary/aromatic N) is 6. The Bertz CT molecular complexity index is 1080. The van der Waals surface area contributed by atoms with E-state index < -0.39 is 0 Å². The first-order valence-corrected chi connectivity index (χ1v) is 10.9. The molecule has 1 unspecified atom stereocenters. The first kappa shape index (κ1) is 19.0. The van der Waals surface area contributed by atoms with E-state index in [-0.39, 0.29) is 11.8 Å². The highest BCUT2D eigenvalue weighted by Gasteiger charge is 2.29. The summed E-state index contributed by atoms with van der Waals surface area (Å²) in [5, 5.41) is 0. The first-order chi connectivity index (χ1) is 14.6. The molecule has 7 nitrogen and oxygen atoms in total. The van der Waals surface area contributed by atoms with Crippen molar-refractivity contribution in [2.75, 3.05) is 31.1 Å². The minimum Gasteiger partial charge on any atom is -0.341 e. The summed E-state index contributed by atoms with van der Waals surface area (Å²) in [6.07, 6.45) is 4.34. The van der Waals surface area contributed by atoms with Gasteiger partial charge in [-0.1, -0.05) is 12.1 Å². The number of aromatic nitrogens is 4. The number of likely N-dealkylation sites (tertiary alicyclic amines) is 1. The highest BCUT2D eigenvalue weighted by molar-refractivity contribution is 5.92. The average Bonchev–Trinajstić information content (AvgIpc) is 3.42. The summed E-state index contributed by atoms with van der Waals surface area (Å²) in [5.74, 6) is 2.00. The highest BCUT2D eigenvalue weighted by atomic mass is 16.2. The maximum Gasteiger partial charge on any atom is 0.272 e. The van der Waals surface area contributed by atoms with Crippen molar-refractivity contribution in [3.63, 3.8) is 0 Å². The van der Waals surface area contributed by atoms with Crippen LogP contribution in [0.15, 0.2) is 30.3 Å². The Morgan fingerprint density at radius 1 is 1.03 bits per heavy atom. The summed E-state index contributed by atoms with van der Waals surface area (Å²) in [7, 11) is 2.07. The molecule has 0 N–H and O–H groups in total. The molecule has 2 fully saturated rings. The number of para-hydroxylation sites is 2. The van der Waals surface area contributed by atoms with Gasteiger partial charge in [-0.2, -0.15) is 0 Å². The van der Waals surface area contributed by atoms with Gasteiger partial charge < -0.3 is 14.4 Å². The van der Waals surface area contributed by atoms with E-state index in [2.05, 4.69) is 32.5 Å². The molecule has 5 rings (SSSR count). The topological polar surface area (TPSA) is 67.2 Å². The number of carbonyl (C=O) groups is 1. The van der Waals surface area contributed by atoms with E-state index in [0.29, 0.717) is 18.2 Å². The molecule has 2 aliphatic heterocycles. The van der Waals surface area contributed by atoms with Crippen LogP contribution in [0.2, 0.25) is 0 Å². The molecule has 2 aliphatic rings. The number of fused-ring (bicyclic) bond motifs is 1. The molecule has 0 bridgehead atoms. The van der Waals surface area contributed by atoms with Crippen LogP contribution in [0.1, 0.15) is 53.6 Å². The summed E-state index contributed by atoms with van der Waals surface area (Å²) in [4.78, 5) is 31.6. The van der Waals surface area contributed by atoms with Crippen LogP contribution in [0.3, 0.4) is 0 Å². The predicted molar refractivity (Wildman–Crippen MR) is 117 cm³/mol. The summed E-state index contributed by atoms with van der Waals surface area (Å²) in [6.45, 7) is 5.32. The van der Waals surface area contributed by atoms with Crippen molar-refractivity contribution in [2.24, 2.45) is 7.05 Å². The van der Waals surface area contributed by atoms with Gasteiger partial charge in [0.1, 0.15) is 11.5 Å². The minimum absolute atomic E-state index is 0.00408. The van der Waals surface area contributed by atoms with E-state index in [9.17, 15) is 4.79 Å². The third-order valence-electron chi connectivity index (χ3n) is 6.35. The first-order valence-electron chi connectivity index (χ1n) is 10.9. The molecule has 1 atom stereocenters. The Labute approximate surface area is 176 Å². The Morgan fingerprint density at radius 2 is 1.83 bits per heavy atom. The van der Waals surface area contributed by atoms with Crippen molar-refractivity contribution in [2.45, 2.75) is 38.5 Å². The fourth-order valence-electron chi connectivity index (χ4n) is 4.78. The van der Waals surface area contributed by atoms with Gasteiger partial charge in [0.05, 0.1) is 11.0 Å². The van der Waals surface area contributed by atoms with Gasteiger partial charge in [0.25, 0.3) is 5.91 Å². The second kappa shape index (κ2) is 7.70. The second-order valence-corrected chi connectivity index (χ2v) is 8.50. The van der Waals surface area contributed by atoms with Crippen LogP contribution in [0, 0.1) is 6.92 Å². The molecule has 3 aromatic rings. The van der Waals surface area contributed by atoms with Crippen LogP contribution in [0.5, 0.6) is 0 Å². The molecule has 0 spiro atoms. The molecule has 156 valence electrons. The van der Waals surface area contributed by atoms with Gasteiger partial charge in [-0.05, 0) is 50.8 Å². The van der Waals surface area contributed by atoms with Crippen LogP contribution in [0.25, 0.3) is 11.0 Å². The summed E-state index contributed by atoms with van der Waals surface area (Å²) in [6, 6.07) is 10.0. The molecule has 4 heterocycles. The van der Waals surface area contributed by atoms with Crippen LogP contribution in [-0.2, 0) is 7.05 Å². The van der Waals surface area contributed by atoms with Gasteiger partial charge in [-0.25, -0.2) is 15.0 Å². The monoisotopic (exact) mass is 404 g/mol. The fraction of sp³-hybridized carbons (Fsp3) is 0.478.